The van der Waals surface area contributed by atoms with Crippen LogP contribution in [0.25, 0.3) is 0 Å². The van der Waals surface area contributed by atoms with Gasteiger partial charge in [0.15, 0.2) is 0 Å². The van der Waals surface area contributed by atoms with E-state index in [-0.39, 0.29) is 0 Å². The van der Waals surface area contributed by atoms with Crippen molar-refractivity contribution in [1.82, 2.24) is 0 Å². The first kappa shape index (κ1) is 17.0. The van der Waals surface area contributed by atoms with Crippen LogP contribution in [0.5, 0.6) is 5.75 Å². The first-order valence-corrected chi connectivity index (χ1v) is 6.54. The second kappa shape index (κ2) is 10.0. The third-order valence-corrected chi connectivity index (χ3v) is 2.27. The Morgan fingerprint density at radius 2 is 1.37 bits per heavy atom. The minimum absolute atomic E-state index is 0.838. The summed E-state index contributed by atoms with van der Waals surface area (Å²) in [5, 5.41) is 0. The van der Waals surface area contributed by atoms with Crippen LogP contribution in [0.3, 0.4) is 0 Å². The molecule has 0 amide bonds. The van der Waals surface area contributed by atoms with E-state index in [1.165, 1.54) is 11.1 Å². The van der Waals surface area contributed by atoms with Crippen LogP contribution in [0, 0.1) is 13.8 Å². The molecule has 0 radical (unpaired) electrons. The number of aryl methyl sites for hydroxylation is 2. The van der Waals surface area contributed by atoms with Crippen molar-refractivity contribution in [2.75, 3.05) is 12.8 Å². The van der Waals surface area contributed by atoms with Crippen molar-refractivity contribution in [2.24, 2.45) is 0 Å². The Balaban J connectivity index is 0.000000303. The Labute approximate surface area is 117 Å². The number of anilines is 1. The Bertz CT molecular complexity index is 449. The van der Waals surface area contributed by atoms with E-state index in [0.29, 0.717) is 0 Å². The maximum atomic E-state index is 5.46. The van der Waals surface area contributed by atoms with E-state index in [0.717, 1.165) is 11.4 Å². The van der Waals surface area contributed by atoms with E-state index in [1.54, 1.807) is 7.11 Å². The summed E-state index contributed by atoms with van der Waals surface area (Å²) in [6, 6.07) is 15.8. The van der Waals surface area contributed by atoms with Gasteiger partial charge in [0.1, 0.15) is 5.75 Å². The Hall–Kier alpha value is -1.96. The first-order chi connectivity index (χ1) is 9.11. The van der Waals surface area contributed by atoms with E-state index >= 15 is 0 Å². The van der Waals surface area contributed by atoms with Crippen LogP contribution in [0.1, 0.15) is 25.0 Å². The van der Waals surface area contributed by atoms with Gasteiger partial charge in [-0.2, -0.15) is 0 Å². The normalized spacial score (nSPS) is 8.47. The van der Waals surface area contributed by atoms with Crippen molar-refractivity contribution in [2.45, 2.75) is 27.7 Å². The molecule has 0 unspecified atom stereocenters. The molecule has 0 aliphatic carbocycles. The van der Waals surface area contributed by atoms with Crippen LogP contribution in [0.15, 0.2) is 48.5 Å². The predicted octanol–water partition coefficient (Wildman–Crippen LogP) is 4.61. The van der Waals surface area contributed by atoms with Gasteiger partial charge in [0.25, 0.3) is 0 Å². The molecule has 0 aromatic heterocycles. The lowest BCUT2D eigenvalue weighted by molar-refractivity contribution is 0.414. The summed E-state index contributed by atoms with van der Waals surface area (Å²) in [4.78, 5) is 0. The number of ether oxygens (including phenoxy) is 1. The zero-order valence-corrected chi connectivity index (χ0v) is 12.6. The highest BCUT2D eigenvalue weighted by Gasteiger charge is 1.86. The van der Waals surface area contributed by atoms with E-state index in [2.05, 4.69) is 0 Å². The van der Waals surface area contributed by atoms with Crippen LogP contribution in [0.4, 0.5) is 5.69 Å². The molecule has 0 saturated carbocycles. The minimum atomic E-state index is 0.838. The molecule has 2 N–H and O–H groups in total. The highest BCUT2D eigenvalue weighted by molar-refractivity contribution is 5.39. The lowest BCUT2D eigenvalue weighted by atomic mass is 10.2. The SMILES string of the molecule is CC.COc1cccc(C)c1.Cc1cccc(N)c1. The maximum absolute atomic E-state index is 5.46. The average molecular weight is 259 g/mol. The molecule has 0 aliphatic rings. The van der Waals surface area contributed by atoms with Crippen molar-refractivity contribution >= 4 is 5.69 Å². The fraction of sp³-hybridized carbons (Fsp3) is 0.294. The standard InChI is InChI=1S/C8H10O.C7H9N.C2H6/c1-7-4-3-5-8(6-7)9-2;1-6-3-2-4-7(8)5-6;1-2/h3-6H,1-2H3;2-5H,8H2,1H3;1-2H3. The molecule has 2 rings (SSSR count). The first-order valence-electron chi connectivity index (χ1n) is 6.54. The second-order valence-corrected chi connectivity index (χ2v) is 3.93. The van der Waals surface area contributed by atoms with Crippen LogP contribution < -0.4 is 10.5 Å². The fourth-order valence-corrected chi connectivity index (χ4v) is 1.41. The summed E-state index contributed by atoms with van der Waals surface area (Å²) in [5.41, 5.74) is 8.74. The van der Waals surface area contributed by atoms with Gasteiger partial charge in [-0.1, -0.05) is 38.1 Å². The minimum Gasteiger partial charge on any atom is -0.497 e. The number of nitrogens with two attached hydrogens (primary N) is 1. The predicted molar refractivity (Wildman–Crippen MR) is 84.7 cm³/mol. The van der Waals surface area contributed by atoms with E-state index < -0.39 is 0 Å². The average Bonchev–Trinajstić information content (AvgIpc) is 2.41. The zero-order chi connectivity index (χ0) is 14.7. The number of hydrogen-bond donors (Lipinski definition) is 1. The highest BCUT2D eigenvalue weighted by Crippen LogP contribution is 2.10. The van der Waals surface area contributed by atoms with Crippen LogP contribution in [-0.2, 0) is 0 Å². The molecule has 0 fully saturated rings. The summed E-state index contributed by atoms with van der Waals surface area (Å²) < 4.78 is 5.00. The number of nitrogen functional groups attached to an aromatic ring is 1. The number of hydrogen-bond acceptors (Lipinski definition) is 2. The molecular weight excluding hydrogens is 234 g/mol. The monoisotopic (exact) mass is 259 g/mol. The summed E-state index contributed by atoms with van der Waals surface area (Å²) in [7, 11) is 1.68. The lowest BCUT2D eigenvalue weighted by Crippen LogP contribution is -1.82. The van der Waals surface area contributed by atoms with Gasteiger partial charge in [-0.05, 0) is 49.2 Å². The third kappa shape index (κ3) is 7.87. The third-order valence-electron chi connectivity index (χ3n) is 2.27. The molecule has 19 heavy (non-hydrogen) atoms. The maximum Gasteiger partial charge on any atom is 0.119 e. The van der Waals surface area contributed by atoms with Gasteiger partial charge in [0.05, 0.1) is 7.11 Å². The molecule has 2 nitrogen and oxygen atoms in total. The van der Waals surface area contributed by atoms with Crippen molar-refractivity contribution in [1.29, 1.82) is 0 Å². The summed E-state index contributed by atoms with van der Waals surface area (Å²) in [6.45, 7) is 8.07. The number of methoxy groups -OCH3 is 1. The fourth-order valence-electron chi connectivity index (χ4n) is 1.41. The van der Waals surface area contributed by atoms with Gasteiger partial charge in [0.2, 0.25) is 0 Å². The number of benzene rings is 2. The second-order valence-electron chi connectivity index (χ2n) is 3.93. The molecule has 0 aliphatic heterocycles. The van der Waals surface area contributed by atoms with Gasteiger partial charge < -0.3 is 10.5 Å². The Morgan fingerprint density at radius 3 is 1.68 bits per heavy atom. The molecule has 2 heteroatoms. The van der Waals surface area contributed by atoms with Crippen molar-refractivity contribution in [3.63, 3.8) is 0 Å². The number of rotatable bonds is 1. The van der Waals surface area contributed by atoms with Crippen LogP contribution in [-0.4, -0.2) is 7.11 Å². The lowest BCUT2D eigenvalue weighted by Gasteiger charge is -1.97. The van der Waals surface area contributed by atoms with Crippen LogP contribution >= 0.6 is 0 Å². The van der Waals surface area contributed by atoms with Gasteiger partial charge in [-0.25, -0.2) is 0 Å². The van der Waals surface area contributed by atoms with Gasteiger partial charge in [-0.3, -0.25) is 0 Å². The van der Waals surface area contributed by atoms with Gasteiger partial charge in [-0.15, -0.1) is 0 Å². The molecular formula is C17H25NO. The molecule has 2 aromatic carbocycles. The molecule has 0 heterocycles. The van der Waals surface area contributed by atoms with E-state index in [4.69, 9.17) is 10.5 Å². The van der Waals surface area contributed by atoms with Gasteiger partial charge >= 0.3 is 0 Å². The van der Waals surface area contributed by atoms with Crippen LogP contribution in [0.2, 0.25) is 0 Å². The molecule has 0 bridgehead atoms. The van der Waals surface area contributed by atoms with Gasteiger partial charge in [0, 0.05) is 5.69 Å². The van der Waals surface area contributed by atoms with Crippen molar-refractivity contribution < 1.29 is 4.74 Å². The molecule has 2 aromatic rings. The quantitative estimate of drug-likeness (QED) is 0.759. The zero-order valence-electron chi connectivity index (χ0n) is 12.6. The Morgan fingerprint density at radius 1 is 0.842 bits per heavy atom. The van der Waals surface area contributed by atoms with Crippen molar-refractivity contribution in [3.8, 4) is 5.75 Å². The molecule has 0 spiro atoms. The summed E-state index contributed by atoms with van der Waals surface area (Å²) in [5.74, 6) is 0.926. The largest absolute Gasteiger partial charge is 0.497 e. The highest BCUT2D eigenvalue weighted by atomic mass is 16.5. The topological polar surface area (TPSA) is 35.2 Å². The Kier molecular flexibility index (Phi) is 8.98. The molecule has 0 saturated heterocycles. The van der Waals surface area contributed by atoms with Crippen molar-refractivity contribution in [3.05, 3.63) is 59.7 Å². The molecule has 0 atom stereocenters. The van der Waals surface area contributed by atoms with E-state index in [9.17, 15) is 0 Å². The van der Waals surface area contributed by atoms with E-state index in [1.807, 2.05) is 76.2 Å². The molecule has 104 valence electrons. The smallest absolute Gasteiger partial charge is 0.119 e. The summed E-state index contributed by atoms with van der Waals surface area (Å²) >= 11 is 0. The summed E-state index contributed by atoms with van der Waals surface area (Å²) in [6.07, 6.45) is 0.